The Morgan fingerprint density at radius 3 is 2.88 bits per heavy atom. The van der Waals surface area contributed by atoms with Crippen molar-refractivity contribution in [2.45, 2.75) is 23.5 Å². The number of thioether (sulfide) groups is 1. The molecule has 0 aliphatic heterocycles. The summed E-state index contributed by atoms with van der Waals surface area (Å²) in [7, 11) is 3.80. The van der Waals surface area contributed by atoms with Crippen LogP contribution < -0.4 is 5.32 Å². The van der Waals surface area contributed by atoms with Crippen molar-refractivity contribution in [2.24, 2.45) is 13.0 Å². The lowest BCUT2D eigenvalue weighted by molar-refractivity contribution is 0.167. The number of nitrogens with one attached hydrogen (secondary N) is 1. The summed E-state index contributed by atoms with van der Waals surface area (Å²) in [5, 5.41) is 17.8. The summed E-state index contributed by atoms with van der Waals surface area (Å²) in [6.07, 6.45) is 3.97. The Bertz CT molecular complexity index is 346. The van der Waals surface area contributed by atoms with Gasteiger partial charge in [0, 0.05) is 12.8 Å². The first-order chi connectivity index (χ1) is 7.72. The number of rotatable bonds is 6. The average Bonchev–Trinajstić information content (AvgIpc) is 3.07. The molecule has 1 aromatic heterocycles. The maximum Gasteiger partial charge on any atom is 0.185 e. The zero-order valence-electron chi connectivity index (χ0n) is 9.68. The molecule has 1 aliphatic rings. The molecular formula is C10H18N4OS. The molecule has 1 aliphatic carbocycles. The molecule has 0 bridgehead atoms. The quantitative estimate of drug-likeness (QED) is 0.701. The number of aromatic nitrogens is 3. The van der Waals surface area contributed by atoms with Gasteiger partial charge < -0.3 is 10.4 Å². The second-order valence-electron chi connectivity index (χ2n) is 4.29. The van der Waals surface area contributed by atoms with Crippen molar-refractivity contribution in [1.82, 2.24) is 20.1 Å². The summed E-state index contributed by atoms with van der Waals surface area (Å²) in [6, 6.07) is 0. The van der Waals surface area contributed by atoms with Gasteiger partial charge in [-0.25, -0.2) is 9.67 Å². The van der Waals surface area contributed by atoms with Crippen molar-refractivity contribution in [3.05, 3.63) is 6.33 Å². The lowest BCUT2D eigenvalue weighted by Crippen LogP contribution is -2.51. The van der Waals surface area contributed by atoms with Crippen LogP contribution in [0.3, 0.4) is 0 Å². The van der Waals surface area contributed by atoms with Crippen LogP contribution in [0.1, 0.15) is 12.8 Å². The highest BCUT2D eigenvalue weighted by Crippen LogP contribution is 2.41. The van der Waals surface area contributed by atoms with E-state index in [1.165, 1.54) is 12.8 Å². The van der Waals surface area contributed by atoms with Crippen LogP contribution in [-0.4, -0.2) is 44.8 Å². The number of hydrogen-bond donors (Lipinski definition) is 2. The predicted octanol–water partition coefficient (Wildman–Crippen LogP) is 0.268. The topological polar surface area (TPSA) is 63.0 Å². The van der Waals surface area contributed by atoms with Crippen molar-refractivity contribution < 1.29 is 5.11 Å². The highest BCUT2D eigenvalue weighted by molar-refractivity contribution is 7.99. The number of hydrogen-bond acceptors (Lipinski definition) is 5. The van der Waals surface area contributed by atoms with Crippen LogP contribution in [0.5, 0.6) is 0 Å². The molecule has 5 nitrogen and oxygen atoms in total. The van der Waals surface area contributed by atoms with E-state index in [0.717, 1.165) is 10.9 Å². The summed E-state index contributed by atoms with van der Waals surface area (Å²) in [5.74, 6) is 1.43. The highest BCUT2D eigenvalue weighted by atomic mass is 32.2. The van der Waals surface area contributed by atoms with Crippen molar-refractivity contribution in [2.75, 3.05) is 19.4 Å². The summed E-state index contributed by atoms with van der Waals surface area (Å²) in [4.78, 5) is 4.17. The van der Waals surface area contributed by atoms with Gasteiger partial charge in [-0.15, -0.1) is 0 Å². The number of nitrogens with zero attached hydrogens (tertiary/aromatic N) is 3. The molecule has 0 amide bonds. The fourth-order valence-electron chi connectivity index (χ4n) is 1.89. The van der Waals surface area contributed by atoms with Gasteiger partial charge in [-0.05, 0) is 25.8 Å². The predicted molar refractivity (Wildman–Crippen MR) is 63.3 cm³/mol. The number of aliphatic hydroxyl groups excluding tert-OH is 1. The van der Waals surface area contributed by atoms with Gasteiger partial charge >= 0.3 is 0 Å². The molecule has 1 fully saturated rings. The van der Waals surface area contributed by atoms with E-state index in [9.17, 15) is 5.11 Å². The van der Waals surface area contributed by atoms with E-state index in [-0.39, 0.29) is 12.1 Å². The summed E-state index contributed by atoms with van der Waals surface area (Å²) < 4.78 is 1.76. The second-order valence-corrected chi connectivity index (χ2v) is 5.24. The van der Waals surface area contributed by atoms with Gasteiger partial charge in [-0.2, -0.15) is 5.10 Å². The van der Waals surface area contributed by atoms with Crippen LogP contribution in [0.4, 0.5) is 0 Å². The fourth-order valence-corrected chi connectivity index (χ4v) is 3.11. The van der Waals surface area contributed by atoms with Gasteiger partial charge in [0.05, 0.1) is 12.1 Å². The van der Waals surface area contributed by atoms with E-state index >= 15 is 0 Å². The molecule has 6 heteroatoms. The van der Waals surface area contributed by atoms with Gasteiger partial charge in [0.2, 0.25) is 0 Å². The van der Waals surface area contributed by atoms with E-state index < -0.39 is 0 Å². The minimum atomic E-state index is -0.156. The first-order valence-electron chi connectivity index (χ1n) is 5.48. The number of aryl methyl sites for hydroxylation is 1. The zero-order valence-corrected chi connectivity index (χ0v) is 10.5. The average molecular weight is 242 g/mol. The monoisotopic (exact) mass is 242 g/mol. The summed E-state index contributed by atoms with van der Waals surface area (Å²) >= 11 is 1.64. The molecule has 0 aromatic carbocycles. The van der Waals surface area contributed by atoms with Gasteiger partial charge in [0.1, 0.15) is 6.33 Å². The summed E-state index contributed by atoms with van der Waals surface area (Å²) in [5.41, 5.74) is -0.156. The molecule has 0 saturated heterocycles. The van der Waals surface area contributed by atoms with Crippen molar-refractivity contribution >= 4 is 11.8 Å². The standard InChI is InChI=1S/C10H18N4OS/c1-11-10(5-15,8-3-4-8)6-16-9-12-7-13-14(9)2/h7-8,11,15H,3-6H2,1-2H3. The maximum absolute atomic E-state index is 9.57. The third-order valence-corrected chi connectivity index (χ3v) is 4.55. The molecule has 1 aromatic rings. The largest absolute Gasteiger partial charge is 0.394 e. The van der Waals surface area contributed by atoms with Crippen LogP contribution >= 0.6 is 11.8 Å². The second kappa shape index (κ2) is 4.73. The Morgan fingerprint density at radius 1 is 1.69 bits per heavy atom. The van der Waals surface area contributed by atoms with Gasteiger partial charge in [0.15, 0.2) is 5.16 Å². The molecule has 1 unspecified atom stereocenters. The Kier molecular flexibility index (Phi) is 3.51. The Hall–Kier alpha value is -0.590. The molecule has 1 saturated carbocycles. The van der Waals surface area contributed by atoms with Crippen LogP contribution in [0.15, 0.2) is 11.5 Å². The van der Waals surface area contributed by atoms with Crippen LogP contribution in [-0.2, 0) is 7.05 Å². The van der Waals surface area contributed by atoms with E-state index in [0.29, 0.717) is 5.92 Å². The Morgan fingerprint density at radius 2 is 2.44 bits per heavy atom. The molecule has 90 valence electrons. The fraction of sp³-hybridized carbons (Fsp3) is 0.800. The zero-order chi connectivity index (χ0) is 11.6. The van der Waals surface area contributed by atoms with Gasteiger partial charge in [-0.3, -0.25) is 0 Å². The summed E-state index contributed by atoms with van der Waals surface area (Å²) in [6.45, 7) is 0.180. The Labute approximate surface area is 99.6 Å². The smallest absolute Gasteiger partial charge is 0.185 e. The molecule has 1 heterocycles. The number of likely N-dealkylation sites (N-methyl/N-ethyl adjacent to an activating group) is 1. The van der Waals surface area contributed by atoms with E-state index in [1.54, 1.807) is 22.8 Å². The lowest BCUT2D eigenvalue weighted by atomic mass is 9.97. The molecule has 1 atom stereocenters. The van der Waals surface area contributed by atoms with Crippen molar-refractivity contribution in [3.63, 3.8) is 0 Å². The molecular weight excluding hydrogens is 224 g/mol. The third kappa shape index (κ3) is 2.23. The molecule has 0 radical (unpaired) electrons. The molecule has 16 heavy (non-hydrogen) atoms. The SMILES string of the molecule is CNC(CO)(CSc1ncnn1C)C1CC1. The van der Waals surface area contributed by atoms with Crippen LogP contribution in [0.25, 0.3) is 0 Å². The number of aliphatic hydroxyl groups is 1. The van der Waals surface area contributed by atoms with Crippen LogP contribution in [0.2, 0.25) is 0 Å². The molecule has 0 spiro atoms. The molecule has 2 N–H and O–H groups in total. The van der Waals surface area contributed by atoms with E-state index in [2.05, 4.69) is 15.4 Å². The minimum Gasteiger partial charge on any atom is -0.394 e. The van der Waals surface area contributed by atoms with Gasteiger partial charge in [-0.1, -0.05) is 11.8 Å². The maximum atomic E-state index is 9.57. The van der Waals surface area contributed by atoms with Crippen molar-refractivity contribution in [3.8, 4) is 0 Å². The van der Waals surface area contributed by atoms with Crippen molar-refractivity contribution in [1.29, 1.82) is 0 Å². The first-order valence-corrected chi connectivity index (χ1v) is 6.47. The highest BCUT2D eigenvalue weighted by Gasteiger charge is 2.43. The molecule has 2 rings (SSSR count). The van der Waals surface area contributed by atoms with Crippen LogP contribution in [0, 0.1) is 5.92 Å². The normalized spacial score (nSPS) is 19.7. The lowest BCUT2D eigenvalue weighted by Gasteiger charge is -2.31. The first kappa shape index (κ1) is 11.9. The Balaban J connectivity index is 1.99. The van der Waals surface area contributed by atoms with Gasteiger partial charge in [0.25, 0.3) is 0 Å². The van der Waals surface area contributed by atoms with E-state index in [4.69, 9.17) is 0 Å². The third-order valence-electron chi connectivity index (χ3n) is 3.27. The van der Waals surface area contributed by atoms with E-state index in [1.807, 2.05) is 14.1 Å². The minimum absolute atomic E-state index is 0.156.